The third-order valence-electron chi connectivity index (χ3n) is 5.29. The maximum Gasteiger partial charge on any atom is 0.289 e. The molecule has 0 atom stereocenters. The Labute approximate surface area is 177 Å². The van der Waals surface area contributed by atoms with E-state index >= 15 is 0 Å². The van der Waals surface area contributed by atoms with Gasteiger partial charge < -0.3 is 14.6 Å². The Bertz CT molecular complexity index is 836. The van der Waals surface area contributed by atoms with Gasteiger partial charge in [0.25, 0.3) is 5.91 Å². The van der Waals surface area contributed by atoms with Crippen molar-refractivity contribution in [3.63, 3.8) is 0 Å². The molecule has 1 saturated heterocycles. The largest absolute Gasteiger partial charge is 0.459 e. The van der Waals surface area contributed by atoms with Crippen molar-refractivity contribution in [3.8, 4) is 6.19 Å². The summed E-state index contributed by atoms with van der Waals surface area (Å²) in [6, 6.07) is 7.11. The van der Waals surface area contributed by atoms with Gasteiger partial charge in [0.15, 0.2) is 12.0 Å². The standard InChI is InChI=1S/C22H28N6O2/c23-17-26-22(27-19-7-12-24-13-8-19)25-11-3-1-2-5-18-9-14-28(15-10-18)21(29)20-6-4-16-30-20/h4,6-8,12-13,16,18H,1-3,5,9-11,14-15H2,(H2,24,25,26,27). The van der Waals surface area contributed by atoms with Crippen LogP contribution in [0.2, 0.25) is 0 Å². The molecule has 0 spiro atoms. The zero-order valence-corrected chi connectivity index (χ0v) is 17.1. The van der Waals surface area contributed by atoms with Crippen molar-refractivity contribution < 1.29 is 9.21 Å². The van der Waals surface area contributed by atoms with E-state index < -0.39 is 0 Å². The predicted molar refractivity (Wildman–Crippen MR) is 115 cm³/mol. The first kappa shape index (κ1) is 21.4. The highest BCUT2D eigenvalue weighted by Gasteiger charge is 2.24. The van der Waals surface area contributed by atoms with Crippen LogP contribution in [0.1, 0.15) is 49.1 Å². The van der Waals surface area contributed by atoms with E-state index in [1.165, 1.54) is 6.42 Å². The summed E-state index contributed by atoms with van der Waals surface area (Å²) in [5.74, 6) is 1.56. The van der Waals surface area contributed by atoms with Gasteiger partial charge in [-0.2, -0.15) is 5.26 Å². The molecule has 3 heterocycles. The third-order valence-corrected chi connectivity index (χ3v) is 5.29. The molecule has 0 saturated carbocycles. The van der Waals surface area contributed by atoms with Gasteiger partial charge in [-0.15, -0.1) is 0 Å². The Hall–Kier alpha value is -3.34. The van der Waals surface area contributed by atoms with Crippen molar-refractivity contribution in [2.75, 3.05) is 25.0 Å². The summed E-state index contributed by atoms with van der Waals surface area (Å²) in [6.07, 6.45) is 13.3. The molecule has 2 aromatic rings. The molecule has 158 valence electrons. The van der Waals surface area contributed by atoms with Gasteiger partial charge >= 0.3 is 0 Å². The van der Waals surface area contributed by atoms with Crippen LogP contribution in [0.3, 0.4) is 0 Å². The van der Waals surface area contributed by atoms with Crippen LogP contribution in [0.5, 0.6) is 0 Å². The van der Waals surface area contributed by atoms with Crippen LogP contribution in [0.25, 0.3) is 0 Å². The molecule has 3 rings (SSSR count). The van der Waals surface area contributed by atoms with Crippen LogP contribution < -0.4 is 10.6 Å². The Kier molecular flexibility index (Phi) is 8.27. The highest BCUT2D eigenvalue weighted by molar-refractivity contribution is 5.94. The summed E-state index contributed by atoms with van der Waals surface area (Å²) in [4.78, 5) is 22.6. The Morgan fingerprint density at radius 2 is 2.03 bits per heavy atom. The lowest BCUT2D eigenvalue weighted by Crippen LogP contribution is -2.38. The first-order valence-corrected chi connectivity index (χ1v) is 10.5. The molecule has 2 aromatic heterocycles. The normalized spacial score (nSPS) is 14.9. The summed E-state index contributed by atoms with van der Waals surface area (Å²) in [5, 5.41) is 14.5. The van der Waals surface area contributed by atoms with Gasteiger partial charge in [-0.3, -0.25) is 20.1 Å². The average Bonchev–Trinajstić information content (AvgIpc) is 3.32. The summed E-state index contributed by atoms with van der Waals surface area (Å²) in [7, 11) is 0. The number of rotatable bonds is 8. The quantitative estimate of drug-likeness (QED) is 0.227. The number of carbonyl (C=O) groups is 1. The first-order valence-electron chi connectivity index (χ1n) is 10.5. The van der Waals surface area contributed by atoms with Crippen LogP contribution in [0.4, 0.5) is 5.69 Å². The first-order chi connectivity index (χ1) is 14.8. The number of nitrogens with one attached hydrogen (secondary N) is 2. The van der Waals surface area contributed by atoms with Crippen molar-refractivity contribution in [2.45, 2.75) is 38.5 Å². The molecular weight excluding hydrogens is 380 g/mol. The lowest BCUT2D eigenvalue weighted by Gasteiger charge is -2.31. The van der Waals surface area contributed by atoms with Gasteiger partial charge in [0.2, 0.25) is 5.96 Å². The van der Waals surface area contributed by atoms with Gasteiger partial charge in [-0.05, 0) is 49.4 Å². The summed E-state index contributed by atoms with van der Waals surface area (Å²) >= 11 is 0. The highest BCUT2D eigenvalue weighted by atomic mass is 16.3. The van der Waals surface area contributed by atoms with Gasteiger partial charge in [0.05, 0.1) is 6.26 Å². The minimum Gasteiger partial charge on any atom is -0.459 e. The fraction of sp³-hybridized carbons (Fsp3) is 0.455. The Balaban J connectivity index is 1.30. The lowest BCUT2D eigenvalue weighted by atomic mass is 9.91. The molecule has 30 heavy (non-hydrogen) atoms. The predicted octanol–water partition coefficient (Wildman–Crippen LogP) is 3.63. The number of nitrogens with zero attached hydrogens (tertiary/aromatic N) is 4. The SMILES string of the molecule is N#CNC(=NCCCCCC1CCN(C(=O)c2ccco2)CC1)Nc1ccncc1. The van der Waals surface area contributed by atoms with E-state index in [4.69, 9.17) is 9.68 Å². The molecule has 0 aromatic carbocycles. The number of aromatic nitrogens is 1. The van der Waals surface area contributed by atoms with E-state index in [0.717, 1.165) is 50.9 Å². The molecule has 1 amide bonds. The molecule has 0 unspecified atom stereocenters. The number of hydrogen-bond donors (Lipinski definition) is 2. The van der Waals surface area contributed by atoms with Crippen LogP contribution in [-0.4, -0.2) is 41.4 Å². The molecule has 0 bridgehead atoms. The van der Waals surface area contributed by atoms with Crippen LogP contribution in [0.15, 0.2) is 52.3 Å². The van der Waals surface area contributed by atoms with Crippen molar-refractivity contribution >= 4 is 17.6 Å². The number of hydrogen-bond acceptors (Lipinski definition) is 5. The zero-order chi connectivity index (χ0) is 21.0. The van der Waals surface area contributed by atoms with Crippen LogP contribution in [-0.2, 0) is 0 Å². The molecule has 8 heteroatoms. The van der Waals surface area contributed by atoms with Gasteiger partial charge in [-0.1, -0.05) is 19.3 Å². The van der Waals surface area contributed by atoms with Crippen molar-refractivity contribution in [3.05, 3.63) is 48.7 Å². The number of piperidine rings is 1. The van der Waals surface area contributed by atoms with Crippen molar-refractivity contribution in [1.82, 2.24) is 15.2 Å². The van der Waals surface area contributed by atoms with Crippen LogP contribution >= 0.6 is 0 Å². The highest BCUT2D eigenvalue weighted by Crippen LogP contribution is 2.24. The fourth-order valence-corrected chi connectivity index (χ4v) is 3.63. The monoisotopic (exact) mass is 408 g/mol. The number of carbonyl (C=O) groups excluding carboxylic acids is 1. The average molecular weight is 409 g/mol. The van der Waals surface area contributed by atoms with E-state index in [2.05, 4.69) is 20.6 Å². The number of furan rings is 1. The Morgan fingerprint density at radius 3 is 2.73 bits per heavy atom. The number of pyridine rings is 1. The van der Waals surface area contributed by atoms with Gasteiger partial charge in [0, 0.05) is 37.7 Å². The number of guanidine groups is 1. The Morgan fingerprint density at radius 1 is 1.23 bits per heavy atom. The van der Waals surface area contributed by atoms with Crippen LogP contribution in [0, 0.1) is 17.4 Å². The molecule has 1 aliphatic heterocycles. The topological polar surface area (TPSA) is 107 Å². The van der Waals surface area contributed by atoms with E-state index in [9.17, 15) is 4.79 Å². The maximum absolute atomic E-state index is 12.3. The molecule has 1 aliphatic rings. The second-order valence-corrected chi connectivity index (χ2v) is 7.39. The lowest BCUT2D eigenvalue weighted by molar-refractivity contribution is 0.0653. The number of nitriles is 1. The molecule has 0 radical (unpaired) electrons. The molecule has 2 N–H and O–H groups in total. The van der Waals surface area contributed by atoms with E-state index in [1.807, 2.05) is 23.2 Å². The minimum absolute atomic E-state index is 0.00142. The van der Waals surface area contributed by atoms with Gasteiger partial charge in [-0.25, -0.2) is 0 Å². The minimum atomic E-state index is -0.00142. The molecule has 0 aliphatic carbocycles. The third kappa shape index (κ3) is 6.62. The second kappa shape index (κ2) is 11.6. The second-order valence-electron chi connectivity index (χ2n) is 7.39. The van der Waals surface area contributed by atoms with Gasteiger partial charge in [0.1, 0.15) is 0 Å². The number of aliphatic imine (C=N–C) groups is 1. The van der Waals surface area contributed by atoms with Crippen molar-refractivity contribution in [2.24, 2.45) is 10.9 Å². The number of unbranched alkanes of at least 4 members (excludes halogenated alkanes) is 2. The number of anilines is 1. The number of amides is 1. The van der Waals surface area contributed by atoms with E-state index in [-0.39, 0.29) is 5.91 Å². The smallest absolute Gasteiger partial charge is 0.289 e. The van der Waals surface area contributed by atoms with Crippen molar-refractivity contribution in [1.29, 1.82) is 5.26 Å². The van der Waals surface area contributed by atoms with E-state index in [0.29, 0.717) is 24.2 Å². The molecule has 1 fully saturated rings. The maximum atomic E-state index is 12.3. The zero-order valence-electron chi connectivity index (χ0n) is 17.1. The molecular formula is C22H28N6O2. The van der Waals surface area contributed by atoms with E-state index in [1.54, 1.807) is 30.8 Å². The summed E-state index contributed by atoms with van der Waals surface area (Å²) in [6.45, 7) is 2.27. The summed E-state index contributed by atoms with van der Waals surface area (Å²) < 4.78 is 5.21. The number of likely N-dealkylation sites (tertiary alicyclic amines) is 1. The fourth-order valence-electron chi connectivity index (χ4n) is 3.63. The summed E-state index contributed by atoms with van der Waals surface area (Å²) in [5.41, 5.74) is 0.836. The molecule has 8 nitrogen and oxygen atoms in total.